The fraction of sp³-hybridized carbons (Fsp3) is 0.0667. The Morgan fingerprint density at radius 3 is 2.43 bits per heavy atom. The monoisotopic (exact) mass is 598 g/mol. The van der Waals surface area contributed by atoms with Crippen LogP contribution in [0.5, 0.6) is 0 Å². The first-order valence-corrected chi connectivity index (χ1v) is 14.4. The molecule has 1 aliphatic rings. The minimum Gasteiger partial charge on any atom is -0.321 e. The van der Waals surface area contributed by atoms with Crippen LogP contribution in [-0.4, -0.2) is 33.8 Å². The molecule has 4 amide bonds. The summed E-state index contributed by atoms with van der Waals surface area (Å²) in [4.78, 5) is 64.7. The molecule has 0 aliphatic carbocycles. The number of carbonyl (C=O) groups is 4. The molecule has 0 radical (unpaired) electrons. The third kappa shape index (κ3) is 6.62. The zero-order chi connectivity index (χ0) is 29.6. The molecule has 1 saturated heterocycles. The van der Waals surface area contributed by atoms with Crippen molar-refractivity contribution in [1.29, 1.82) is 0 Å². The molecule has 1 fully saturated rings. The Morgan fingerprint density at radius 2 is 1.74 bits per heavy atom. The summed E-state index contributed by atoms with van der Waals surface area (Å²) >= 11 is 2.59. The Bertz CT molecular complexity index is 1690. The summed E-state index contributed by atoms with van der Waals surface area (Å²) < 4.78 is 0. The summed E-state index contributed by atoms with van der Waals surface area (Å²) in [7, 11) is 0. The molecule has 0 saturated carbocycles. The number of rotatable bonds is 9. The number of non-ortho nitro benzene ring substituents is 1. The van der Waals surface area contributed by atoms with Crippen molar-refractivity contribution >= 4 is 69.9 Å². The van der Waals surface area contributed by atoms with Crippen LogP contribution < -0.4 is 15.5 Å². The summed E-state index contributed by atoms with van der Waals surface area (Å²) in [6.45, 7) is 0. The van der Waals surface area contributed by atoms with Gasteiger partial charge in [0.15, 0.2) is 0 Å². The van der Waals surface area contributed by atoms with E-state index in [1.165, 1.54) is 47.4 Å². The molecule has 1 aliphatic heterocycles. The SMILES string of the molecule is O=C(Nc1cccc(S[C@H]2CC(=O)N(c3ccc([N+](=O)[O-])cc3)C2=O)c1)/C(=C/c1cccs1)NC(=O)c1ccccc1. The van der Waals surface area contributed by atoms with Crippen LogP contribution in [-0.2, 0) is 14.4 Å². The number of thiophene rings is 1. The molecule has 12 heteroatoms. The smallest absolute Gasteiger partial charge is 0.272 e. The lowest BCUT2D eigenvalue weighted by atomic mass is 10.2. The average molecular weight is 599 g/mol. The second-order valence-corrected chi connectivity index (χ2v) is 11.3. The van der Waals surface area contributed by atoms with E-state index < -0.39 is 33.8 Å². The van der Waals surface area contributed by atoms with E-state index in [1.807, 2.05) is 17.5 Å². The molecule has 1 aromatic heterocycles. The third-order valence-electron chi connectivity index (χ3n) is 6.15. The average Bonchev–Trinajstić information content (AvgIpc) is 3.60. The van der Waals surface area contributed by atoms with Gasteiger partial charge in [-0.1, -0.05) is 30.3 Å². The van der Waals surface area contributed by atoms with E-state index in [0.29, 0.717) is 16.1 Å². The lowest BCUT2D eigenvalue weighted by Crippen LogP contribution is -2.31. The summed E-state index contributed by atoms with van der Waals surface area (Å²) in [5.74, 6) is -1.81. The van der Waals surface area contributed by atoms with Crippen LogP contribution in [0.1, 0.15) is 21.7 Å². The molecule has 5 rings (SSSR count). The van der Waals surface area contributed by atoms with Gasteiger partial charge in [0.2, 0.25) is 11.8 Å². The van der Waals surface area contributed by atoms with E-state index in [0.717, 1.165) is 9.78 Å². The van der Waals surface area contributed by atoms with Crippen LogP contribution in [0, 0.1) is 10.1 Å². The van der Waals surface area contributed by atoms with Gasteiger partial charge in [-0.2, -0.15) is 0 Å². The predicted molar refractivity (Wildman–Crippen MR) is 161 cm³/mol. The van der Waals surface area contributed by atoms with E-state index in [-0.39, 0.29) is 23.5 Å². The molecule has 0 unspecified atom stereocenters. The number of anilines is 2. The topological polar surface area (TPSA) is 139 Å². The molecule has 3 aromatic carbocycles. The van der Waals surface area contributed by atoms with Crippen molar-refractivity contribution in [3.05, 3.63) is 123 Å². The van der Waals surface area contributed by atoms with E-state index in [1.54, 1.807) is 60.7 Å². The maximum Gasteiger partial charge on any atom is 0.272 e. The molecule has 0 bridgehead atoms. The van der Waals surface area contributed by atoms with E-state index in [4.69, 9.17) is 0 Å². The maximum atomic E-state index is 13.3. The Hall–Kier alpha value is -5.07. The minimum atomic E-state index is -0.710. The molecule has 210 valence electrons. The molecule has 2 heterocycles. The second kappa shape index (κ2) is 12.6. The maximum absolute atomic E-state index is 13.3. The van der Waals surface area contributed by atoms with Crippen molar-refractivity contribution < 1.29 is 24.1 Å². The zero-order valence-electron chi connectivity index (χ0n) is 21.8. The van der Waals surface area contributed by atoms with Gasteiger partial charge in [-0.25, -0.2) is 4.90 Å². The summed E-state index contributed by atoms with van der Waals surface area (Å²) in [5, 5.41) is 17.6. The normalized spacial score (nSPS) is 15.0. The van der Waals surface area contributed by atoms with Gasteiger partial charge in [-0.3, -0.25) is 29.3 Å². The quantitative estimate of drug-likeness (QED) is 0.112. The number of thioether (sulfide) groups is 1. The third-order valence-corrected chi connectivity index (χ3v) is 8.15. The van der Waals surface area contributed by atoms with Crippen molar-refractivity contribution in [2.75, 3.05) is 10.2 Å². The van der Waals surface area contributed by atoms with Gasteiger partial charge in [-0.15, -0.1) is 23.1 Å². The summed E-state index contributed by atoms with van der Waals surface area (Å²) in [6, 6.07) is 24.2. The first kappa shape index (κ1) is 28.5. The standard InChI is InChI=1S/C30H22N4O6S2/c35-27-18-26(30(38)33(27)21-11-13-22(14-12-21)34(39)40)42-24-9-4-8-20(16-24)31-29(37)25(17-23-10-5-15-41-23)32-28(36)19-6-2-1-3-7-19/h1-17,26H,18H2,(H,31,37)(H,32,36)/b25-17-/t26-/m0/s1. The number of hydrogen-bond acceptors (Lipinski definition) is 8. The first-order valence-electron chi connectivity index (χ1n) is 12.6. The number of nitrogens with zero attached hydrogens (tertiary/aromatic N) is 2. The number of carbonyl (C=O) groups excluding carboxylic acids is 4. The first-order chi connectivity index (χ1) is 20.3. The number of imide groups is 1. The van der Waals surface area contributed by atoms with Gasteiger partial charge in [-0.05, 0) is 60.0 Å². The van der Waals surface area contributed by atoms with Gasteiger partial charge >= 0.3 is 0 Å². The van der Waals surface area contributed by atoms with Gasteiger partial charge in [0, 0.05) is 39.6 Å². The summed E-state index contributed by atoms with van der Waals surface area (Å²) in [6.07, 6.45) is 1.55. The molecular formula is C30H22N4O6S2. The van der Waals surface area contributed by atoms with Crippen LogP contribution in [0.4, 0.5) is 17.1 Å². The van der Waals surface area contributed by atoms with Gasteiger partial charge < -0.3 is 10.6 Å². The number of nitro groups is 1. The minimum absolute atomic E-state index is 0.0453. The van der Waals surface area contributed by atoms with Crippen LogP contribution in [0.2, 0.25) is 0 Å². The number of amides is 4. The van der Waals surface area contributed by atoms with Crippen LogP contribution in [0.3, 0.4) is 0 Å². The van der Waals surface area contributed by atoms with E-state index >= 15 is 0 Å². The van der Waals surface area contributed by atoms with Crippen molar-refractivity contribution in [3.63, 3.8) is 0 Å². The molecule has 2 N–H and O–H groups in total. The molecule has 1 atom stereocenters. The molecule has 10 nitrogen and oxygen atoms in total. The van der Waals surface area contributed by atoms with Gasteiger partial charge in [0.1, 0.15) is 5.70 Å². The van der Waals surface area contributed by atoms with Crippen LogP contribution in [0.15, 0.2) is 107 Å². The van der Waals surface area contributed by atoms with Crippen molar-refractivity contribution in [2.45, 2.75) is 16.6 Å². The zero-order valence-corrected chi connectivity index (χ0v) is 23.4. The lowest BCUT2D eigenvalue weighted by molar-refractivity contribution is -0.384. The predicted octanol–water partition coefficient (Wildman–Crippen LogP) is 5.49. The molecule has 0 spiro atoms. The number of hydrogen-bond donors (Lipinski definition) is 2. The fourth-order valence-electron chi connectivity index (χ4n) is 4.16. The second-order valence-electron chi connectivity index (χ2n) is 9.03. The molecule has 42 heavy (non-hydrogen) atoms. The van der Waals surface area contributed by atoms with Gasteiger partial charge in [0.05, 0.1) is 15.9 Å². The Balaban J connectivity index is 1.29. The lowest BCUT2D eigenvalue weighted by Gasteiger charge is -2.15. The van der Waals surface area contributed by atoms with Gasteiger partial charge in [0.25, 0.3) is 17.5 Å². The van der Waals surface area contributed by atoms with E-state index in [9.17, 15) is 29.3 Å². The summed E-state index contributed by atoms with van der Waals surface area (Å²) in [5.41, 5.74) is 1.01. The van der Waals surface area contributed by atoms with Crippen LogP contribution in [0.25, 0.3) is 6.08 Å². The fourth-order valence-corrected chi connectivity index (χ4v) is 5.93. The molecular weight excluding hydrogens is 576 g/mol. The van der Waals surface area contributed by atoms with Crippen molar-refractivity contribution in [3.8, 4) is 0 Å². The van der Waals surface area contributed by atoms with Crippen LogP contribution >= 0.6 is 23.1 Å². The Morgan fingerprint density at radius 1 is 0.976 bits per heavy atom. The highest BCUT2D eigenvalue weighted by molar-refractivity contribution is 8.00. The number of benzene rings is 3. The van der Waals surface area contributed by atoms with E-state index in [2.05, 4.69) is 10.6 Å². The van der Waals surface area contributed by atoms with Crippen molar-refractivity contribution in [2.24, 2.45) is 0 Å². The Labute approximate surface area is 248 Å². The number of nitro benzene ring substituents is 1. The Kier molecular flexibility index (Phi) is 8.55. The highest BCUT2D eigenvalue weighted by Gasteiger charge is 2.40. The largest absolute Gasteiger partial charge is 0.321 e. The number of nitrogens with one attached hydrogen (secondary N) is 2. The molecule has 4 aromatic rings. The highest BCUT2D eigenvalue weighted by atomic mass is 32.2. The highest BCUT2D eigenvalue weighted by Crippen LogP contribution is 2.35. The van der Waals surface area contributed by atoms with Crippen molar-refractivity contribution in [1.82, 2.24) is 5.32 Å².